The maximum Gasteiger partial charge on any atom is 0.319 e. The van der Waals surface area contributed by atoms with Gasteiger partial charge < -0.3 is 21.1 Å². The van der Waals surface area contributed by atoms with Crippen molar-refractivity contribution in [3.63, 3.8) is 0 Å². The predicted octanol–water partition coefficient (Wildman–Crippen LogP) is 0.988. The van der Waals surface area contributed by atoms with Crippen LogP contribution in [0.15, 0.2) is 24.3 Å². The lowest BCUT2D eigenvalue weighted by Crippen LogP contribution is -2.47. The molecule has 1 aliphatic heterocycles. The first-order valence-corrected chi connectivity index (χ1v) is 7.39. The number of hydrogen-bond acceptors (Lipinski definition) is 4. The smallest absolute Gasteiger partial charge is 0.319 e. The van der Waals surface area contributed by atoms with Crippen LogP contribution in [-0.4, -0.2) is 49.8 Å². The van der Waals surface area contributed by atoms with Gasteiger partial charge in [-0.3, -0.25) is 4.90 Å². The van der Waals surface area contributed by atoms with Crippen molar-refractivity contribution in [2.24, 2.45) is 5.73 Å². The van der Waals surface area contributed by atoms with Crippen molar-refractivity contribution in [2.75, 3.05) is 38.1 Å². The molecule has 0 bridgehead atoms. The van der Waals surface area contributed by atoms with E-state index in [-0.39, 0.29) is 12.1 Å². The van der Waals surface area contributed by atoms with Crippen LogP contribution in [-0.2, 0) is 11.3 Å². The minimum Gasteiger partial charge on any atom is -0.374 e. The van der Waals surface area contributed by atoms with E-state index < -0.39 is 0 Å². The number of rotatable bonds is 5. The second kappa shape index (κ2) is 7.97. The molecule has 6 heteroatoms. The Labute approximate surface area is 125 Å². The zero-order chi connectivity index (χ0) is 15.1. The standard InChI is InChI=1S/C15H24N4O2/c1-2-19-7-8-21-14(11-19)10-17-15(20)18-13-5-3-12(9-16)4-6-13/h3-6,14H,2,7-11,16H2,1H3,(H2,17,18,20). The molecule has 1 heterocycles. The van der Waals surface area contributed by atoms with Crippen LogP contribution in [0, 0.1) is 0 Å². The molecule has 1 saturated heterocycles. The van der Waals surface area contributed by atoms with Gasteiger partial charge >= 0.3 is 6.03 Å². The molecular formula is C15H24N4O2. The number of anilines is 1. The van der Waals surface area contributed by atoms with Crippen LogP contribution in [0.5, 0.6) is 0 Å². The van der Waals surface area contributed by atoms with Gasteiger partial charge in [-0.1, -0.05) is 19.1 Å². The van der Waals surface area contributed by atoms with E-state index in [9.17, 15) is 4.79 Å². The zero-order valence-corrected chi connectivity index (χ0v) is 12.5. The summed E-state index contributed by atoms with van der Waals surface area (Å²) in [5.74, 6) is 0. The molecule has 1 atom stereocenters. The summed E-state index contributed by atoms with van der Waals surface area (Å²) < 4.78 is 5.64. The highest BCUT2D eigenvalue weighted by Gasteiger charge is 2.19. The molecule has 1 aromatic carbocycles. The van der Waals surface area contributed by atoms with Crippen LogP contribution in [0.1, 0.15) is 12.5 Å². The van der Waals surface area contributed by atoms with Gasteiger partial charge in [0.2, 0.25) is 0 Å². The summed E-state index contributed by atoms with van der Waals surface area (Å²) in [6, 6.07) is 7.28. The Hall–Kier alpha value is -1.63. The fourth-order valence-electron chi connectivity index (χ4n) is 2.30. The third kappa shape index (κ3) is 5.00. The minimum atomic E-state index is -0.215. The van der Waals surface area contributed by atoms with Gasteiger partial charge in [0.15, 0.2) is 0 Å². The molecule has 2 amide bonds. The zero-order valence-electron chi connectivity index (χ0n) is 12.5. The molecule has 0 aliphatic carbocycles. The monoisotopic (exact) mass is 292 g/mol. The average molecular weight is 292 g/mol. The van der Waals surface area contributed by atoms with Gasteiger partial charge in [0.05, 0.1) is 12.7 Å². The SMILES string of the molecule is CCN1CCOC(CNC(=O)Nc2ccc(CN)cc2)C1. The molecule has 21 heavy (non-hydrogen) atoms. The van der Waals surface area contributed by atoms with E-state index in [4.69, 9.17) is 10.5 Å². The van der Waals surface area contributed by atoms with Crippen molar-refractivity contribution in [1.29, 1.82) is 0 Å². The topological polar surface area (TPSA) is 79.6 Å². The molecule has 1 fully saturated rings. The fraction of sp³-hybridized carbons (Fsp3) is 0.533. The summed E-state index contributed by atoms with van der Waals surface area (Å²) in [4.78, 5) is 14.2. The Balaban J connectivity index is 1.73. The van der Waals surface area contributed by atoms with E-state index in [1.165, 1.54) is 0 Å². The lowest BCUT2D eigenvalue weighted by atomic mass is 10.2. The van der Waals surface area contributed by atoms with Crippen LogP contribution in [0.2, 0.25) is 0 Å². The van der Waals surface area contributed by atoms with E-state index in [0.29, 0.717) is 13.1 Å². The number of urea groups is 1. The molecule has 0 radical (unpaired) electrons. The van der Waals surface area contributed by atoms with Gasteiger partial charge in [-0.05, 0) is 24.2 Å². The van der Waals surface area contributed by atoms with Crippen LogP contribution < -0.4 is 16.4 Å². The first-order chi connectivity index (χ1) is 10.2. The number of hydrogen-bond donors (Lipinski definition) is 3. The van der Waals surface area contributed by atoms with Crippen molar-refractivity contribution in [3.8, 4) is 0 Å². The number of carbonyl (C=O) groups is 1. The third-order valence-electron chi connectivity index (χ3n) is 3.61. The Morgan fingerprint density at radius 2 is 2.19 bits per heavy atom. The number of nitrogens with zero attached hydrogens (tertiary/aromatic N) is 1. The number of carbonyl (C=O) groups excluding carboxylic acids is 1. The highest BCUT2D eigenvalue weighted by atomic mass is 16.5. The maximum absolute atomic E-state index is 11.8. The summed E-state index contributed by atoms with van der Waals surface area (Å²) in [5.41, 5.74) is 7.33. The third-order valence-corrected chi connectivity index (χ3v) is 3.61. The van der Waals surface area contributed by atoms with Gasteiger partial charge in [-0.15, -0.1) is 0 Å². The van der Waals surface area contributed by atoms with E-state index in [1.54, 1.807) is 0 Å². The van der Waals surface area contributed by atoms with Crippen LogP contribution in [0.25, 0.3) is 0 Å². The highest BCUT2D eigenvalue weighted by molar-refractivity contribution is 5.89. The largest absolute Gasteiger partial charge is 0.374 e. The molecule has 0 aromatic heterocycles. The highest BCUT2D eigenvalue weighted by Crippen LogP contribution is 2.09. The van der Waals surface area contributed by atoms with Crippen molar-refractivity contribution in [2.45, 2.75) is 19.6 Å². The summed E-state index contributed by atoms with van der Waals surface area (Å²) in [7, 11) is 0. The van der Waals surface area contributed by atoms with E-state index >= 15 is 0 Å². The summed E-state index contributed by atoms with van der Waals surface area (Å²) in [6.45, 7) is 6.72. The minimum absolute atomic E-state index is 0.0593. The number of morpholine rings is 1. The molecule has 2 rings (SSSR count). The molecular weight excluding hydrogens is 268 g/mol. The number of likely N-dealkylation sites (N-methyl/N-ethyl adjacent to an activating group) is 1. The number of amides is 2. The summed E-state index contributed by atoms with van der Waals surface area (Å²) in [5, 5.41) is 5.65. The molecule has 4 N–H and O–H groups in total. The van der Waals surface area contributed by atoms with Crippen LogP contribution >= 0.6 is 0 Å². The van der Waals surface area contributed by atoms with Gasteiger partial charge in [0, 0.05) is 31.9 Å². The van der Waals surface area contributed by atoms with E-state index in [0.717, 1.165) is 37.5 Å². The molecule has 1 aliphatic rings. The van der Waals surface area contributed by atoms with Gasteiger partial charge in [-0.25, -0.2) is 4.79 Å². The first kappa shape index (κ1) is 15.8. The number of benzene rings is 1. The van der Waals surface area contributed by atoms with E-state index in [1.807, 2.05) is 24.3 Å². The normalized spacial score (nSPS) is 19.2. The first-order valence-electron chi connectivity index (χ1n) is 7.39. The van der Waals surface area contributed by atoms with E-state index in [2.05, 4.69) is 22.5 Å². The van der Waals surface area contributed by atoms with Crippen molar-refractivity contribution < 1.29 is 9.53 Å². The second-order valence-corrected chi connectivity index (χ2v) is 5.12. The molecule has 116 valence electrons. The predicted molar refractivity (Wildman–Crippen MR) is 83.2 cm³/mol. The number of nitrogens with one attached hydrogen (secondary N) is 2. The Morgan fingerprint density at radius 1 is 1.43 bits per heavy atom. The van der Waals surface area contributed by atoms with Crippen LogP contribution in [0.4, 0.5) is 10.5 Å². The quantitative estimate of drug-likeness (QED) is 0.756. The molecule has 6 nitrogen and oxygen atoms in total. The Bertz CT molecular complexity index is 449. The summed E-state index contributed by atoms with van der Waals surface area (Å²) >= 11 is 0. The molecule has 0 saturated carbocycles. The lowest BCUT2D eigenvalue weighted by Gasteiger charge is -2.32. The number of nitrogens with two attached hydrogens (primary N) is 1. The molecule has 1 aromatic rings. The molecule has 1 unspecified atom stereocenters. The van der Waals surface area contributed by atoms with Gasteiger partial charge in [-0.2, -0.15) is 0 Å². The van der Waals surface area contributed by atoms with Crippen molar-refractivity contribution >= 4 is 11.7 Å². The van der Waals surface area contributed by atoms with Gasteiger partial charge in [0.1, 0.15) is 0 Å². The average Bonchev–Trinajstić information content (AvgIpc) is 2.54. The summed E-state index contributed by atoms with van der Waals surface area (Å²) in [6.07, 6.45) is 0.0593. The van der Waals surface area contributed by atoms with Crippen LogP contribution in [0.3, 0.4) is 0 Å². The second-order valence-electron chi connectivity index (χ2n) is 5.12. The Kier molecular flexibility index (Phi) is 5.98. The maximum atomic E-state index is 11.8. The van der Waals surface area contributed by atoms with Crippen molar-refractivity contribution in [3.05, 3.63) is 29.8 Å². The fourth-order valence-corrected chi connectivity index (χ4v) is 2.30. The Morgan fingerprint density at radius 3 is 2.86 bits per heavy atom. The lowest BCUT2D eigenvalue weighted by molar-refractivity contribution is -0.0238. The molecule has 0 spiro atoms. The van der Waals surface area contributed by atoms with Crippen molar-refractivity contribution in [1.82, 2.24) is 10.2 Å². The van der Waals surface area contributed by atoms with Gasteiger partial charge in [0.25, 0.3) is 0 Å². The number of ether oxygens (including phenoxy) is 1.